The first-order valence-corrected chi connectivity index (χ1v) is 6.66. The van der Waals surface area contributed by atoms with Gasteiger partial charge in [0.2, 0.25) is 0 Å². The number of para-hydroxylation sites is 1. The number of anilines is 2. The van der Waals surface area contributed by atoms with Gasteiger partial charge in [-0.15, -0.1) is 11.3 Å². The second-order valence-corrected chi connectivity index (χ2v) is 5.17. The number of thiophene rings is 1. The minimum atomic E-state index is 1.01. The monoisotopic (exact) mass is 246 g/mol. The molecule has 0 aliphatic rings. The average Bonchev–Trinajstić information content (AvgIpc) is 2.84. The molecule has 0 atom stereocenters. The van der Waals surface area contributed by atoms with E-state index in [1.54, 1.807) is 11.3 Å². The number of rotatable bonds is 5. The summed E-state index contributed by atoms with van der Waals surface area (Å²) in [6.07, 6.45) is 0. The van der Waals surface area contributed by atoms with Gasteiger partial charge in [0.05, 0.1) is 5.00 Å². The lowest BCUT2D eigenvalue weighted by Crippen LogP contribution is -2.27. The highest BCUT2D eigenvalue weighted by molar-refractivity contribution is 7.14. The summed E-state index contributed by atoms with van der Waals surface area (Å²) in [6, 6.07) is 14.8. The van der Waals surface area contributed by atoms with E-state index in [9.17, 15) is 0 Å². The van der Waals surface area contributed by atoms with Crippen LogP contribution < -0.4 is 4.90 Å². The summed E-state index contributed by atoms with van der Waals surface area (Å²) in [5, 5.41) is 3.43. The maximum atomic E-state index is 2.37. The van der Waals surface area contributed by atoms with Crippen LogP contribution in [0.1, 0.15) is 0 Å². The first-order valence-electron chi connectivity index (χ1n) is 5.78. The van der Waals surface area contributed by atoms with Gasteiger partial charge in [-0.2, -0.15) is 0 Å². The van der Waals surface area contributed by atoms with E-state index in [4.69, 9.17) is 0 Å². The summed E-state index contributed by atoms with van der Waals surface area (Å²) >= 11 is 1.78. The summed E-state index contributed by atoms with van der Waals surface area (Å²) < 4.78 is 0. The molecule has 1 aromatic carbocycles. The summed E-state index contributed by atoms with van der Waals surface area (Å²) in [5.74, 6) is 0. The molecule has 17 heavy (non-hydrogen) atoms. The topological polar surface area (TPSA) is 6.48 Å². The number of benzene rings is 1. The number of hydrogen-bond acceptors (Lipinski definition) is 3. The van der Waals surface area contributed by atoms with Crippen LogP contribution >= 0.6 is 11.3 Å². The van der Waals surface area contributed by atoms with E-state index in [-0.39, 0.29) is 0 Å². The summed E-state index contributed by atoms with van der Waals surface area (Å²) in [6.45, 7) is 2.06. The Morgan fingerprint density at radius 1 is 0.941 bits per heavy atom. The maximum Gasteiger partial charge on any atom is 0.0953 e. The van der Waals surface area contributed by atoms with Crippen LogP contribution in [0.5, 0.6) is 0 Å². The highest BCUT2D eigenvalue weighted by atomic mass is 32.1. The Morgan fingerprint density at radius 2 is 1.71 bits per heavy atom. The van der Waals surface area contributed by atoms with Crippen molar-refractivity contribution >= 4 is 22.0 Å². The molecule has 2 rings (SSSR count). The predicted molar refractivity (Wildman–Crippen MR) is 76.3 cm³/mol. The SMILES string of the molecule is CN(C)CCN(c1ccccc1)c1cccs1. The smallest absolute Gasteiger partial charge is 0.0953 e. The molecule has 0 spiro atoms. The van der Waals surface area contributed by atoms with Crippen LogP contribution in [0.3, 0.4) is 0 Å². The van der Waals surface area contributed by atoms with Crippen molar-refractivity contribution in [1.82, 2.24) is 4.90 Å². The standard InChI is InChI=1S/C14H18N2S/c1-15(2)10-11-16(14-9-6-12-17-14)13-7-4-3-5-8-13/h3-9,12H,10-11H2,1-2H3. The third-order valence-corrected chi connectivity index (χ3v) is 3.50. The molecule has 0 saturated heterocycles. The quantitative estimate of drug-likeness (QED) is 0.797. The third kappa shape index (κ3) is 3.32. The van der Waals surface area contributed by atoms with Crippen molar-refractivity contribution in [3.05, 3.63) is 47.8 Å². The van der Waals surface area contributed by atoms with Crippen molar-refractivity contribution in [2.24, 2.45) is 0 Å². The van der Waals surface area contributed by atoms with Crippen molar-refractivity contribution in [2.45, 2.75) is 0 Å². The first-order chi connectivity index (χ1) is 8.27. The molecule has 0 saturated carbocycles. The van der Waals surface area contributed by atoms with Gasteiger partial charge in [-0.1, -0.05) is 18.2 Å². The molecule has 3 heteroatoms. The van der Waals surface area contributed by atoms with Crippen LogP contribution in [-0.4, -0.2) is 32.1 Å². The molecule has 1 heterocycles. The molecule has 90 valence electrons. The molecule has 0 unspecified atom stereocenters. The van der Waals surface area contributed by atoms with Gasteiger partial charge in [-0.3, -0.25) is 0 Å². The van der Waals surface area contributed by atoms with Crippen LogP contribution in [0.4, 0.5) is 10.7 Å². The summed E-state index contributed by atoms with van der Waals surface area (Å²) in [5.41, 5.74) is 1.26. The van der Waals surface area contributed by atoms with Crippen molar-refractivity contribution in [2.75, 3.05) is 32.1 Å². The molecular formula is C14H18N2S. The van der Waals surface area contributed by atoms with Crippen LogP contribution in [0, 0.1) is 0 Å². The van der Waals surface area contributed by atoms with Gasteiger partial charge in [-0.25, -0.2) is 0 Å². The van der Waals surface area contributed by atoms with Crippen molar-refractivity contribution in [1.29, 1.82) is 0 Å². The number of likely N-dealkylation sites (N-methyl/N-ethyl adjacent to an activating group) is 1. The van der Waals surface area contributed by atoms with Crippen LogP contribution in [-0.2, 0) is 0 Å². The highest BCUT2D eigenvalue weighted by Gasteiger charge is 2.09. The molecule has 1 aromatic heterocycles. The molecule has 2 nitrogen and oxygen atoms in total. The minimum Gasteiger partial charge on any atom is -0.332 e. The predicted octanol–water partition coefficient (Wildman–Crippen LogP) is 3.45. The zero-order chi connectivity index (χ0) is 12.1. The molecule has 0 fully saturated rings. The van der Waals surface area contributed by atoms with E-state index in [1.165, 1.54) is 10.7 Å². The Kier molecular flexibility index (Phi) is 4.18. The fraction of sp³-hybridized carbons (Fsp3) is 0.286. The summed E-state index contributed by atoms with van der Waals surface area (Å²) in [4.78, 5) is 4.58. The second kappa shape index (κ2) is 5.84. The molecular weight excluding hydrogens is 228 g/mol. The zero-order valence-corrected chi connectivity index (χ0v) is 11.2. The first kappa shape index (κ1) is 12.1. The van der Waals surface area contributed by atoms with Gasteiger partial charge >= 0.3 is 0 Å². The van der Waals surface area contributed by atoms with E-state index in [1.807, 2.05) is 0 Å². The Balaban J connectivity index is 2.19. The van der Waals surface area contributed by atoms with E-state index >= 15 is 0 Å². The molecule has 0 amide bonds. The van der Waals surface area contributed by atoms with E-state index in [0.717, 1.165) is 13.1 Å². The zero-order valence-electron chi connectivity index (χ0n) is 10.3. The van der Waals surface area contributed by atoms with Crippen molar-refractivity contribution in [3.8, 4) is 0 Å². The largest absolute Gasteiger partial charge is 0.332 e. The van der Waals surface area contributed by atoms with Gasteiger partial charge in [0.15, 0.2) is 0 Å². The van der Waals surface area contributed by atoms with Gasteiger partial charge in [0.1, 0.15) is 0 Å². The number of hydrogen-bond donors (Lipinski definition) is 0. The lowest BCUT2D eigenvalue weighted by molar-refractivity contribution is 0.419. The lowest BCUT2D eigenvalue weighted by Gasteiger charge is -2.24. The maximum absolute atomic E-state index is 2.37. The van der Waals surface area contributed by atoms with Gasteiger partial charge in [0.25, 0.3) is 0 Å². The Labute approximate surface area is 107 Å². The minimum absolute atomic E-state index is 1.01. The molecule has 0 aliphatic carbocycles. The summed E-state index contributed by atoms with van der Waals surface area (Å²) in [7, 11) is 4.22. The van der Waals surface area contributed by atoms with Crippen LogP contribution in [0.2, 0.25) is 0 Å². The van der Waals surface area contributed by atoms with Crippen LogP contribution in [0.15, 0.2) is 47.8 Å². The third-order valence-electron chi connectivity index (χ3n) is 2.61. The molecule has 0 radical (unpaired) electrons. The molecule has 0 aliphatic heterocycles. The highest BCUT2D eigenvalue weighted by Crippen LogP contribution is 2.28. The second-order valence-electron chi connectivity index (χ2n) is 4.24. The van der Waals surface area contributed by atoms with E-state index in [2.05, 4.69) is 71.7 Å². The normalized spacial score (nSPS) is 10.8. The molecule has 0 N–H and O–H groups in total. The Hall–Kier alpha value is -1.32. The lowest BCUT2D eigenvalue weighted by atomic mass is 10.3. The number of nitrogens with zero attached hydrogens (tertiary/aromatic N) is 2. The van der Waals surface area contributed by atoms with Gasteiger partial charge in [-0.05, 0) is 43.7 Å². The average molecular weight is 246 g/mol. The van der Waals surface area contributed by atoms with E-state index < -0.39 is 0 Å². The van der Waals surface area contributed by atoms with Crippen molar-refractivity contribution < 1.29 is 0 Å². The Morgan fingerprint density at radius 3 is 2.29 bits per heavy atom. The fourth-order valence-corrected chi connectivity index (χ4v) is 2.48. The van der Waals surface area contributed by atoms with Crippen LogP contribution in [0.25, 0.3) is 0 Å². The van der Waals surface area contributed by atoms with Gasteiger partial charge in [0, 0.05) is 18.8 Å². The molecule has 0 bridgehead atoms. The fourth-order valence-electron chi connectivity index (χ4n) is 1.70. The van der Waals surface area contributed by atoms with Gasteiger partial charge < -0.3 is 9.80 Å². The Bertz CT molecular complexity index is 423. The van der Waals surface area contributed by atoms with Crippen molar-refractivity contribution in [3.63, 3.8) is 0 Å². The van der Waals surface area contributed by atoms with E-state index in [0.29, 0.717) is 0 Å². The molecule has 2 aromatic rings.